The number of carbonyl (C=O) groups is 1. The van der Waals surface area contributed by atoms with Gasteiger partial charge in [0.05, 0.1) is 15.1 Å². The van der Waals surface area contributed by atoms with Crippen LogP contribution in [0, 0.1) is 0 Å². The topological polar surface area (TPSA) is 61.4 Å². The van der Waals surface area contributed by atoms with Gasteiger partial charge >= 0.3 is 6.03 Å². The third kappa shape index (κ3) is 3.94. The summed E-state index contributed by atoms with van der Waals surface area (Å²) in [6.07, 6.45) is 0. The van der Waals surface area contributed by atoms with Crippen LogP contribution in [0.1, 0.15) is 5.56 Å². The number of phenolic OH excluding ortho intramolecular Hbond substituents is 1. The Morgan fingerprint density at radius 2 is 1.76 bits per heavy atom. The summed E-state index contributed by atoms with van der Waals surface area (Å²) in [7, 11) is 0. The van der Waals surface area contributed by atoms with Crippen LogP contribution in [-0.2, 0) is 6.54 Å². The van der Waals surface area contributed by atoms with Crippen molar-refractivity contribution in [2.24, 2.45) is 0 Å². The molecule has 0 aliphatic carbocycles. The van der Waals surface area contributed by atoms with E-state index >= 15 is 0 Å². The van der Waals surface area contributed by atoms with Gasteiger partial charge in [0.1, 0.15) is 5.75 Å². The van der Waals surface area contributed by atoms with Crippen LogP contribution in [0.5, 0.6) is 5.75 Å². The minimum absolute atomic E-state index is 0.0103. The molecular weight excluding hydrogens is 335 g/mol. The summed E-state index contributed by atoms with van der Waals surface area (Å²) in [6.45, 7) is -0.0103. The maximum absolute atomic E-state index is 11.8. The molecule has 110 valence electrons. The highest BCUT2D eigenvalue weighted by Crippen LogP contribution is 2.38. The van der Waals surface area contributed by atoms with Gasteiger partial charge in [-0.2, -0.15) is 0 Å². The van der Waals surface area contributed by atoms with Crippen molar-refractivity contribution >= 4 is 46.5 Å². The molecule has 21 heavy (non-hydrogen) atoms. The molecule has 4 nitrogen and oxygen atoms in total. The first-order chi connectivity index (χ1) is 9.99. The van der Waals surface area contributed by atoms with E-state index in [9.17, 15) is 9.90 Å². The quantitative estimate of drug-likeness (QED) is 0.708. The number of urea groups is 1. The van der Waals surface area contributed by atoms with Crippen molar-refractivity contribution in [3.63, 3.8) is 0 Å². The third-order valence-corrected chi connectivity index (χ3v) is 3.81. The van der Waals surface area contributed by atoms with Crippen molar-refractivity contribution in [1.29, 1.82) is 0 Å². The Labute approximate surface area is 136 Å². The Balaban J connectivity index is 2.05. The molecule has 3 N–H and O–H groups in total. The highest BCUT2D eigenvalue weighted by atomic mass is 35.5. The van der Waals surface area contributed by atoms with Gasteiger partial charge in [-0.05, 0) is 18.2 Å². The molecule has 7 heteroatoms. The fourth-order valence-corrected chi connectivity index (χ4v) is 2.38. The lowest BCUT2D eigenvalue weighted by atomic mass is 10.2. The van der Waals surface area contributed by atoms with Crippen LogP contribution in [0.25, 0.3) is 0 Å². The van der Waals surface area contributed by atoms with Gasteiger partial charge in [-0.3, -0.25) is 0 Å². The van der Waals surface area contributed by atoms with Crippen molar-refractivity contribution in [3.05, 3.63) is 57.0 Å². The number of aromatic hydroxyl groups is 1. The maximum atomic E-state index is 11.8. The molecule has 2 rings (SSSR count). The van der Waals surface area contributed by atoms with E-state index in [0.29, 0.717) is 5.69 Å². The van der Waals surface area contributed by atoms with Crippen LogP contribution in [-0.4, -0.2) is 11.1 Å². The molecule has 0 aliphatic heterocycles. The number of carbonyl (C=O) groups excluding carboxylic acids is 1. The first-order valence-electron chi connectivity index (χ1n) is 5.94. The van der Waals surface area contributed by atoms with Crippen LogP contribution >= 0.6 is 34.8 Å². The summed E-state index contributed by atoms with van der Waals surface area (Å²) in [4.78, 5) is 11.8. The smallest absolute Gasteiger partial charge is 0.319 e. The predicted octanol–water partition coefficient (Wildman–Crippen LogP) is 4.67. The summed E-state index contributed by atoms with van der Waals surface area (Å²) in [5, 5.41) is 15.5. The van der Waals surface area contributed by atoms with Gasteiger partial charge in [-0.1, -0.05) is 53.0 Å². The molecule has 0 radical (unpaired) electrons. The van der Waals surface area contributed by atoms with E-state index in [1.165, 1.54) is 6.07 Å². The van der Waals surface area contributed by atoms with Crippen LogP contribution in [0.2, 0.25) is 15.1 Å². The van der Waals surface area contributed by atoms with E-state index in [1.54, 1.807) is 24.3 Å². The van der Waals surface area contributed by atoms with Gasteiger partial charge in [-0.15, -0.1) is 0 Å². The first-order valence-corrected chi connectivity index (χ1v) is 7.07. The molecule has 0 atom stereocenters. The number of benzene rings is 2. The van der Waals surface area contributed by atoms with Gasteiger partial charge in [0, 0.05) is 17.8 Å². The van der Waals surface area contributed by atoms with Crippen LogP contribution < -0.4 is 10.6 Å². The van der Waals surface area contributed by atoms with Crippen LogP contribution in [0.15, 0.2) is 36.4 Å². The van der Waals surface area contributed by atoms with Crippen molar-refractivity contribution < 1.29 is 9.90 Å². The second-order valence-corrected chi connectivity index (χ2v) is 5.35. The highest BCUT2D eigenvalue weighted by Gasteiger charge is 2.15. The Morgan fingerprint density at radius 1 is 1.10 bits per heavy atom. The molecular formula is C14H11Cl3N2O2. The number of hydrogen-bond acceptors (Lipinski definition) is 2. The average Bonchev–Trinajstić information content (AvgIpc) is 2.46. The van der Waals surface area contributed by atoms with Gasteiger partial charge in [0.2, 0.25) is 0 Å². The minimum Gasteiger partial charge on any atom is -0.506 e. The second-order valence-electron chi connectivity index (χ2n) is 4.16. The van der Waals surface area contributed by atoms with E-state index in [4.69, 9.17) is 34.8 Å². The lowest BCUT2D eigenvalue weighted by molar-refractivity contribution is 0.251. The van der Waals surface area contributed by atoms with Gasteiger partial charge in [0.15, 0.2) is 0 Å². The van der Waals surface area contributed by atoms with Crippen molar-refractivity contribution in [1.82, 2.24) is 5.32 Å². The van der Waals surface area contributed by atoms with Gasteiger partial charge in [-0.25, -0.2) is 4.79 Å². The van der Waals surface area contributed by atoms with E-state index in [2.05, 4.69) is 10.6 Å². The molecule has 0 spiro atoms. The lowest BCUT2D eigenvalue weighted by Crippen LogP contribution is -2.28. The molecule has 0 bridgehead atoms. The largest absolute Gasteiger partial charge is 0.506 e. The number of phenols is 1. The summed E-state index contributed by atoms with van der Waals surface area (Å²) in [5.74, 6) is -0.203. The fourth-order valence-electron chi connectivity index (χ4n) is 1.66. The molecule has 0 fully saturated rings. The van der Waals surface area contributed by atoms with E-state index in [0.717, 1.165) is 0 Å². The Hall–Kier alpha value is -1.62. The minimum atomic E-state index is -0.437. The summed E-state index contributed by atoms with van der Waals surface area (Å²) >= 11 is 17.7. The summed E-state index contributed by atoms with van der Waals surface area (Å²) in [6, 6.07) is 9.85. The molecule has 2 amide bonds. The monoisotopic (exact) mass is 344 g/mol. The van der Waals surface area contributed by atoms with Crippen molar-refractivity contribution in [3.8, 4) is 5.75 Å². The predicted molar refractivity (Wildman–Crippen MR) is 85.4 cm³/mol. The Kier molecular flexibility index (Phi) is 5.17. The standard InChI is InChI=1S/C14H11Cl3N2O2/c15-10-6-11(16)13(20)9(12(10)17)7-18-14(21)19-8-4-2-1-3-5-8/h1-6,20H,7H2,(H2,18,19,21). The summed E-state index contributed by atoms with van der Waals surface area (Å²) < 4.78 is 0. The molecule has 0 heterocycles. The molecule has 0 saturated carbocycles. The Bertz CT molecular complexity index is 637. The van der Waals surface area contributed by atoms with Crippen LogP contribution in [0.3, 0.4) is 0 Å². The lowest BCUT2D eigenvalue weighted by Gasteiger charge is -2.12. The molecule has 2 aromatic rings. The SMILES string of the molecule is O=C(NCc1c(O)c(Cl)cc(Cl)c1Cl)Nc1ccccc1. The number of hydrogen-bond donors (Lipinski definition) is 3. The summed E-state index contributed by atoms with van der Waals surface area (Å²) in [5.41, 5.74) is 0.909. The van der Waals surface area contributed by atoms with Crippen molar-refractivity contribution in [2.75, 3.05) is 5.32 Å². The molecule has 0 saturated heterocycles. The molecule has 2 aromatic carbocycles. The van der Waals surface area contributed by atoms with Gasteiger partial charge < -0.3 is 15.7 Å². The van der Waals surface area contributed by atoms with E-state index in [-0.39, 0.29) is 32.9 Å². The zero-order valence-corrected chi connectivity index (χ0v) is 12.9. The molecule has 0 aliphatic rings. The van der Waals surface area contributed by atoms with E-state index < -0.39 is 6.03 Å². The highest BCUT2D eigenvalue weighted by molar-refractivity contribution is 6.44. The Morgan fingerprint density at radius 3 is 2.43 bits per heavy atom. The normalized spacial score (nSPS) is 10.2. The maximum Gasteiger partial charge on any atom is 0.319 e. The third-order valence-electron chi connectivity index (χ3n) is 2.70. The molecule has 0 unspecified atom stereocenters. The number of amides is 2. The number of para-hydroxylation sites is 1. The number of nitrogens with one attached hydrogen (secondary N) is 2. The fraction of sp³-hybridized carbons (Fsp3) is 0.0714. The van der Waals surface area contributed by atoms with Crippen molar-refractivity contribution in [2.45, 2.75) is 6.54 Å². The average molecular weight is 346 g/mol. The zero-order valence-electron chi connectivity index (χ0n) is 10.7. The molecule has 0 aromatic heterocycles. The van der Waals surface area contributed by atoms with Gasteiger partial charge in [0.25, 0.3) is 0 Å². The van der Waals surface area contributed by atoms with Crippen LogP contribution in [0.4, 0.5) is 10.5 Å². The van der Waals surface area contributed by atoms with E-state index in [1.807, 2.05) is 6.07 Å². The number of rotatable bonds is 3. The first kappa shape index (κ1) is 15.8. The second kappa shape index (κ2) is 6.89. The number of halogens is 3. The zero-order chi connectivity index (χ0) is 15.4. The number of anilines is 1.